The molecule has 1 aromatic carbocycles. The molecule has 4 nitrogen and oxygen atoms in total. The third-order valence-corrected chi connectivity index (χ3v) is 4.28. The first-order valence-electron chi connectivity index (χ1n) is 7.63. The second-order valence-electron chi connectivity index (χ2n) is 5.87. The maximum atomic E-state index is 12.2. The molecule has 0 saturated carbocycles. The van der Waals surface area contributed by atoms with Crippen LogP contribution in [0.15, 0.2) is 30.3 Å². The molecule has 4 heteroatoms. The van der Waals surface area contributed by atoms with Crippen molar-refractivity contribution >= 4 is 11.9 Å². The van der Waals surface area contributed by atoms with Gasteiger partial charge in [0.2, 0.25) is 5.91 Å². The molecule has 0 spiro atoms. The Morgan fingerprint density at radius 2 is 2.05 bits per heavy atom. The zero-order valence-electron chi connectivity index (χ0n) is 12.5. The molecule has 0 aromatic heterocycles. The van der Waals surface area contributed by atoms with Crippen LogP contribution >= 0.6 is 0 Å². The molecule has 1 amide bonds. The SMILES string of the molecule is CC(CCC(=O)N1CCC[C@H](C(=O)O)C1)c1ccccc1. The van der Waals surface area contributed by atoms with Crippen LogP contribution in [0.3, 0.4) is 0 Å². The quantitative estimate of drug-likeness (QED) is 0.906. The molecule has 2 atom stereocenters. The molecule has 1 N–H and O–H groups in total. The van der Waals surface area contributed by atoms with Gasteiger partial charge in [-0.2, -0.15) is 0 Å². The van der Waals surface area contributed by atoms with Crippen LogP contribution in [-0.4, -0.2) is 35.0 Å². The van der Waals surface area contributed by atoms with Gasteiger partial charge < -0.3 is 10.0 Å². The van der Waals surface area contributed by atoms with Crippen LogP contribution in [0.2, 0.25) is 0 Å². The van der Waals surface area contributed by atoms with Crippen LogP contribution in [0.5, 0.6) is 0 Å². The van der Waals surface area contributed by atoms with Gasteiger partial charge in [-0.15, -0.1) is 0 Å². The summed E-state index contributed by atoms with van der Waals surface area (Å²) in [7, 11) is 0. The lowest BCUT2D eigenvalue weighted by Gasteiger charge is -2.31. The Bertz CT molecular complexity index is 486. The summed E-state index contributed by atoms with van der Waals surface area (Å²) in [6.07, 6.45) is 2.76. The monoisotopic (exact) mass is 289 g/mol. The average Bonchev–Trinajstić information content (AvgIpc) is 2.53. The van der Waals surface area contributed by atoms with Crippen molar-refractivity contribution in [3.05, 3.63) is 35.9 Å². The Morgan fingerprint density at radius 1 is 1.33 bits per heavy atom. The largest absolute Gasteiger partial charge is 0.481 e. The van der Waals surface area contributed by atoms with E-state index in [4.69, 9.17) is 5.11 Å². The molecule has 0 radical (unpaired) electrons. The third kappa shape index (κ3) is 4.31. The van der Waals surface area contributed by atoms with E-state index in [-0.39, 0.29) is 5.91 Å². The molecule has 114 valence electrons. The van der Waals surface area contributed by atoms with E-state index in [9.17, 15) is 9.59 Å². The van der Waals surface area contributed by atoms with Crippen molar-refractivity contribution in [2.45, 2.75) is 38.5 Å². The van der Waals surface area contributed by atoms with E-state index in [1.54, 1.807) is 4.90 Å². The fourth-order valence-corrected chi connectivity index (χ4v) is 2.85. The molecule has 1 aliphatic heterocycles. The second-order valence-corrected chi connectivity index (χ2v) is 5.87. The zero-order valence-corrected chi connectivity index (χ0v) is 12.5. The number of amides is 1. The lowest BCUT2D eigenvalue weighted by molar-refractivity contribution is -0.145. The summed E-state index contributed by atoms with van der Waals surface area (Å²) in [5.41, 5.74) is 1.24. The van der Waals surface area contributed by atoms with Crippen LogP contribution in [0.25, 0.3) is 0 Å². The molecule has 1 aliphatic rings. The number of carbonyl (C=O) groups is 2. The number of rotatable bonds is 5. The Labute approximate surface area is 125 Å². The Hall–Kier alpha value is -1.84. The second kappa shape index (κ2) is 7.25. The summed E-state index contributed by atoms with van der Waals surface area (Å²) >= 11 is 0. The molecule has 21 heavy (non-hydrogen) atoms. The van der Waals surface area contributed by atoms with Crippen molar-refractivity contribution in [2.75, 3.05) is 13.1 Å². The first-order valence-corrected chi connectivity index (χ1v) is 7.63. The number of aliphatic carboxylic acids is 1. The summed E-state index contributed by atoms with van der Waals surface area (Å²) in [6, 6.07) is 10.2. The van der Waals surface area contributed by atoms with Gasteiger partial charge in [-0.1, -0.05) is 37.3 Å². The zero-order chi connectivity index (χ0) is 15.2. The lowest BCUT2D eigenvalue weighted by atomic mass is 9.94. The standard InChI is InChI=1S/C17H23NO3/c1-13(14-6-3-2-4-7-14)9-10-16(19)18-11-5-8-15(12-18)17(20)21/h2-4,6-7,13,15H,5,8-12H2,1H3,(H,20,21)/t13?,15-/m0/s1. The highest BCUT2D eigenvalue weighted by atomic mass is 16.4. The number of nitrogens with zero attached hydrogens (tertiary/aromatic N) is 1. The summed E-state index contributed by atoms with van der Waals surface area (Å²) < 4.78 is 0. The summed E-state index contributed by atoms with van der Waals surface area (Å²) in [4.78, 5) is 25.0. The van der Waals surface area contributed by atoms with E-state index in [1.807, 2.05) is 18.2 Å². The minimum absolute atomic E-state index is 0.0868. The fraction of sp³-hybridized carbons (Fsp3) is 0.529. The number of hydrogen-bond acceptors (Lipinski definition) is 2. The molecule has 0 aliphatic carbocycles. The normalized spacial score (nSPS) is 20.0. The molecule has 1 heterocycles. The smallest absolute Gasteiger partial charge is 0.308 e. The van der Waals surface area contributed by atoms with Crippen LogP contribution in [0.4, 0.5) is 0 Å². The summed E-state index contributed by atoms with van der Waals surface area (Å²) in [5, 5.41) is 9.07. The highest BCUT2D eigenvalue weighted by molar-refractivity contribution is 5.78. The Morgan fingerprint density at radius 3 is 2.71 bits per heavy atom. The number of hydrogen-bond donors (Lipinski definition) is 1. The minimum Gasteiger partial charge on any atom is -0.481 e. The third-order valence-electron chi connectivity index (χ3n) is 4.28. The van der Waals surface area contributed by atoms with Gasteiger partial charge in [-0.3, -0.25) is 9.59 Å². The van der Waals surface area contributed by atoms with Crippen molar-refractivity contribution in [2.24, 2.45) is 5.92 Å². The number of likely N-dealkylation sites (tertiary alicyclic amines) is 1. The van der Waals surface area contributed by atoms with Crippen LogP contribution in [0, 0.1) is 5.92 Å². The number of piperidine rings is 1. The first-order chi connectivity index (χ1) is 10.1. The van der Waals surface area contributed by atoms with Crippen molar-refractivity contribution in [3.8, 4) is 0 Å². The van der Waals surface area contributed by atoms with E-state index in [0.29, 0.717) is 31.8 Å². The van der Waals surface area contributed by atoms with Gasteiger partial charge in [0.1, 0.15) is 0 Å². The Balaban J connectivity index is 1.83. The fourth-order valence-electron chi connectivity index (χ4n) is 2.85. The van der Waals surface area contributed by atoms with Gasteiger partial charge in [0, 0.05) is 19.5 Å². The first kappa shape index (κ1) is 15.5. The maximum absolute atomic E-state index is 12.2. The molecule has 0 bridgehead atoms. The van der Waals surface area contributed by atoms with Crippen LogP contribution in [-0.2, 0) is 9.59 Å². The Kier molecular flexibility index (Phi) is 5.37. The van der Waals surface area contributed by atoms with Gasteiger partial charge in [-0.25, -0.2) is 0 Å². The molecule has 1 unspecified atom stereocenters. The number of carboxylic acid groups (broad SMARTS) is 1. The van der Waals surface area contributed by atoms with Gasteiger partial charge in [0.05, 0.1) is 5.92 Å². The number of carboxylic acids is 1. The van der Waals surface area contributed by atoms with Gasteiger partial charge in [0.15, 0.2) is 0 Å². The maximum Gasteiger partial charge on any atom is 0.308 e. The van der Waals surface area contributed by atoms with Crippen molar-refractivity contribution in [3.63, 3.8) is 0 Å². The van der Waals surface area contributed by atoms with Gasteiger partial charge >= 0.3 is 5.97 Å². The topological polar surface area (TPSA) is 57.6 Å². The van der Waals surface area contributed by atoms with Crippen molar-refractivity contribution in [1.82, 2.24) is 4.90 Å². The molecule has 1 saturated heterocycles. The van der Waals surface area contributed by atoms with E-state index in [2.05, 4.69) is 19.1 Å². The van der Waals surface area contributed by atoms with E-state index in [1.165, 1.54) is 5.56 Å². The highest BCUT2D eigenvalue weighted by Crippen LogP contribution is 2.22. The molecule has 1 aromatic rings. The predicted octanol–water partition coefficient (Wildman–Crippen LogP) is 2.89. The lowest BCUT2D eigenvalue weighted by Crippen LogP contribution is -2.42. The van der Waals surface area contributed by atoms with E-state index >= 15 is 0 Å². The average molecular weight is 289 g/mol. The molecule has 1 fully saturated rings. The van der Waals surface area contributed by atoms with Crippen LogP contribution < -0.4 is 0 Å². The summed E-state index contributed by atoms with van der Waals surface area (Å²) in [6.45, 7) is 3.19. The highest BCUT2D eigenvalue weighted by Gasteiger charge is 2.27. The van der Waals surface area contributed by atoms with Gasteiger partial charge in [-0.05, 0) is 30.7 Å². The van der Waals surface area contributed by atoms with Crippen LogP contribution in [0.1, 0.15) is 44.1 Å². The van der Waals surface area contributed by atoms with Gasteiger partial charge in [0.25, 0.3) is 0 Å². The summed E-state index contributed by atoms with van der Waals surface area (Å²) in [5.74, 6) is -0.752. The predicted molar refractivity (Wildman–Crippen MR) is 81.0 cm³/mol. The minimum atomic E-state index is -0.787. The van der Waals surface area contributed by atoms with E-state index < -0.39 is 11.9 Å². The molecular weight excluding hydrogens is 266 g/mol. The molecule has 2 rings (SSSR count). The molecular formula is C17H23NO3. The number of carbonyl (C=O) groups excluding carboxylic acids is 1. The number of benzene rings is 1. The van der Waals surface area contributed by atoms with E-state index in [0.717, 1.165) is 12.8 Å². The van der Waals surface area contributed by atoms with Crippen molar-refractivity contribution in [1.29, 1.82) is 0 Å². The van der Waals surface area contributed by atoms with Crippen molar-refractivity contribution < 1.29 is 14.7 Å².